The van der Waals surface area contributed by atoms with Gasteiger partial charge in [0, 0.05) is 85.8 Å². The Labute approximate surface area is 520 Å². The molecule has 7 atom stereocenters. The molecule has 0 bridgehead atoms. The first kappa shape index (κ1) is 64.4. The number of amides is 2. The Kier molecular flexibility index (Phi) is 18.9. The first-order chi connectivity index (χ1) is 41.0. The maximum Gasteiger partial charge on any atom is 1.00 e. The quantitative estimate of drug-likeness (QED) is 0.0494. The maximum atomic E-state index is 14.2. The summed E-state index contributed by atoms with van der Waals surface area (Å²) in [6.45, 7) is -1.08. The van der Waals surface area contributed by atoms with Crippen molar-refractivity contribution in [3.8, 4) is 22.3 Å². The van der Waals surface area contributed by atoms with Crippen LogP contribution < -0.4 is 41.0 Å². The topological polar surface area (TPSA) is 219 Å². The molecule has 4 aromatic heterocycles. The molecule has 4 aliphatic rings. The monoisotopic (exact) mass is 1230 g/mol. The van der Waals surface area contributed by atoms with E-state index in [-0.39, 0.29) is 145 Å². The Balaban J connectivity index is 0.000000223. The summed E-state index contributed by atoms with van der Waals surface area (Å²) in [4.78, 5) is 71.8. The summed E-state index contributed by atoms with van der Waals surface area (Å²) in [6, 6.07) is 19.7. The van der Waals surface area contributed by atoms with Crippen LogP contribution >= 0.6 is 0 Å². The average Bonchev–Trinajstić information content (AvgIpc) is 1.57. The summed E-state index contributed by atoms with van der Waals surface area (Å²) in [5.74, 6) is -10.9. The van der Waals surface area contributed by atoms with Gasteiger partial charge in [0.15, 0.2) is 17.3 Å². The van der Waals surface area contributed by atoms with Gasteiger partial charge >= 0.3 is 29.6 Å². The van der Waals surface area contributed by atoms with Crippen LogP contribution in [0.1, 0.15) is 152 Å². The standard InChI is InChI=1S/C31H25F5N4O3.C31H23F5N4O3.B.Na.H/c2*32-17-7-14(8-18(33)11-17)6-16(26-20(2-1-5-38-26)15-3-4-24(34)23(10-15)31(37)43)9-19(41)13-40-28(30(35)36)25-21-12-22(21)29(42)27(25)39-40;;;/h1-5,7-8,10-11,16,21-22,29-30,42H,6,9,12-13H2,(H2,37,43);1-5,7-8,10-11,16,21-22,30H,6,9,12-13H2,(H2,37,43);;;/q;;;+1;-1/t16-,21?,22?,29?;16-,21?,22?;;;/m11.../s1. The summed E-state index contributed by atoms with van der Waals surface area (Å²) >= 11 is 0. The van der Waals surface area contributed by atoms with Crippen molar-refractivity contribution < 1.29 is 104 Å². The summed E-state index contributed by atoms with van der Waals surface area (Å²) < 4.78 is 143. The number of hydrogen-bond acceptors (Lipinski definition) is 10. The number of carbonyl (C=O) groups is 5. The Morgan fingerprint density at radius 1 is 0.591 bits per heavy atom. The molecule has 2 amide bonds. The molecule has 5 unspecified atom stereocenters. The summed E-state index contributed by atoms with van der Waals surface area (Å²) in [5.41, 5.74) is 12.3. The zero-order valence-corrected chi connectivity index (χ0v) is 48.4. The van der Waals surface area contributed by atoms with Crippen molar-refractivity contribution >= 4 is 37.6 Å². The average molecular weight is 1230 g/mol. The molecule has 3 radical (unpaired) electrons. The molecule has 5 N–H and O–H groups in total. The first-order valence-electron chi connectivity index (χ1n) is 27.1. The third kappa shape index (κ3) is 13.0. The van der Waals surface area contributed by atoms with Crippen LogP contribution in [0, 0.1) is 46.7 Å². The van der Waals surface area contributed by atoms with E-state index in [1.165, 1.54) is 36.7 Å². The number of alkyl halides is 4. The van der Waals surface area contributed by atoms with Crippen LogP contribution in [-0.2, 0) is 35.5 Å². The van der Waals surface area contributed by atoms with Gasteiger partial charge in [0.25, 0.3) is 24.7 Å². The van der Waals surface area contributed by atoms with Crippen LogP contribution in [-0.4, -0.2) is 72.2 Å². The number of nitrogens with zero attached hydrogens (tertiary/aromatic N) is 6. The van der Waals surface area contributed by atoms with E-state index in [4.69, 9.17) is 11.5 Å². The second-order valence-corrected chi connectivity index (χ2v) is 21.8. The van der Waals surface area contributed by atoms with Crippen molar-refractivity contribution in [3.63, 3.8) is 0 Å². The first-order valence-corrected chi connectivity index (χ1v) is 27.1. The summed E-state index contributed by atoms with van der Waals surface area (Å²) in [5, 5.41) is 18.7. The minimum absolute atomic E-state index is 0. The largest absolute Gasteiger partial charge is 1.00 e. The van der Waals surface area contributed by atoms with Gasteiger partial charge in [0.2, 0.25) is 0 Å². The molecule has 0 aliphatic heterocycles. The number of primary amides is 2. The van der Waals surface area contributed by atoms with E-state index in [2.05, 4.69) is 20.2 Å². The Hall–Kier alpha value is -8.13. The van der Waals surface area contributed by atoms with Crippen LogP contribution in [0.5, 0.6) is 0 Å². The second-order valence-electron chi connectivity index (χ2n) is 21.8. The molecule has 4 aromatic carbocycles. The molecule has 447 valence electrons. The van der Waals surface area contributed by atoms with E-state index < -0.39 is 108 Å². The number of halogens is 10. The van der Waals surface area contributed by atoms with Crippen molar-refractivity contribution in [1.29, 1.82) is 0 Å². The van der Waals surface area contributed by atoms with Crippen molar-refractivity contribution in [1.82, 2.24) is 29.5 Å². The Morgan fingerprint density at radius 2 is 1.03 bits per heavy atom. The minimum Gasteiger partial charge on any atom is -1.00 e. The van der Waals surface area contributed by atoms with Crippen LogP contribution in [0.25, 0.3) is 22.3 Å². The van der Waals surface area contributed by atoms with Gasteiger partial charge in [0.1, 0.15) is 71.2 Å². The van der Waals surface area contributed by atoms with E-state index >= 15 is 0 Å². The van der Waals surface area contributed by atoms with Gasteiger partial charge < -0.3 is 18.0 Å². The predicted molar refractivity (Wildman–Crippen MR) is 293 cm³/mol. The Bertz CT molecular complexity index is 4060. The third-order valence-corrected chi connectivity index (χ3v) is 16.1. The fraction of sp³-hybridized carbons (Fsp3) is 0.274. The number of fused-ring (bicyclic) bond motifs is 6. The fourth-order valence-electron chi connectivity index (χ4n) is 12.2. The number of carbonyl (C=O) groups excluding carboxylic acids is 5. The number of aliphatic hydroxyl groups is 1. The number of rotatable bonds is 20. The summed E-state index contributed by atoms with van der Waals surface area (Å²) in [6.07, 6.45) is -3.60. The molecule has 4 heterocycles. The van der Waals surface area contributed by atoms with Crippen molar-refractivity contribution in [3.05, 3.63) is 212 Å². The van der Waals surface area contributed by atoms with Gasteiger partial charge in [-0.25, -0.2) is 43.9 Å². The number of aromatic nitrogens is 6. The van der Waals surface area contributed by atoms with Crippen LogP contribution in [0.2, 0.25) is 0 Å². The molecular weight excluding hydrogens is 1180 g/mol. The number of pyridine rings is 2. The number of benzene rings is 4. The molecular formula is C62H49BF10N8NaO6. The second kappa shape index (κ2) is 25.9. The van der Waals surface area contributed by atoms with Crippen LogP contribution in [0.3, 0.4) is 0 Å². The summed E-state index contributed by atoms with van der Waals surface area (Å²) in [7, 11) is 0. The molecule has 26 heteroatoms. The number of aliphatic hydroxyl groups excluding tert-OH is 1. The molecule has 12 rings (SSSR count). The van der Waals surface area contributed by atoms with Crippen molar-refractivity contribution in [2.75, 3.05) is 0 Å². The van der Waals surface area contributed by atoms with E-state index in [1.54, 1.807) is 24.3 Å². The van der Waals surface area contributed by atoms with Crippen molar-refractivity contribution in [2.45, 2.75) is 94.2 Å². The molecule has 0 saturated heterocycles. The molecule has 2 saturated carbocycles. The van der Waals surface area contributed by atoms with Crippen LogP contribution in [0.15, 0.2) is 109 Å². The van der Waals surface area contributed by atoms with Crippen LogP contribution in [0.4, 0.5) is 43.9 Å². The van der Waals surface area contributed by atoms with Gasteiger partial charge in [-0.05, 0) is 126 Å². The molecule has 0 spiro atoms. The smallest absolute Gasteiger partial charge is 1.00 e. The van der Waals surface area contributed by atoms with E-state index in [0.717, 1.165) is 45.8 Å². The van der Waals surface area contributed by atoms with Gasteiger partial charge in [-0.1, -0.05) is 24.3 Å². The zero-order valence-electron chi connectivity index (χ0n) is 47.4. The molecule has 88 heavy (non-hydrogen) atoms. The van der Waals surface area contributed by atoms with Crippen molar-refractivity contribution in [2.24, 2.45) is 23.3 Å². The van der Waals surface area contributed by atoms with Gasteiger partial charge in [-0.15, -0.1) is 0 Å². The number of Topliss-reactive ketones (excluding diaryl/α,β-unsaturated/α-hetero) is 3. The molecule has 2 fully saturated rings. The van der Waals surface area contributed by atoms with E-state index in [0.29, 0.717) is 58.5 Å². The fourth-order valence-corrected chi connectivity index (χ4v) is 12.2. The number of nitrogens with two attached hydrogens (primary N) is 2. The Morgan fingerprint density at radius 3 is 1.48 bits per heavy atom. The van der Waals surface area contributed by atoms with E-state index in [9.17, 15) is 73.0 Å². The zero-order chi connectivity index (χ0) is 61.2. The molecule has 14 nitrogen and oxygen atoms in total. The predicted octanol–water partition coefficient (Wildman–Crippen LogP) is 7.96. The van der Waals surface area contributed by atoms with Gasteiger partial charge in [-0.3, -0.25) is 43.3 Å². The minimum atomic E-state index is -2.96. The third-order valence-electron chi connectivity index (χ3n) is 16.1. The normalized spacial score (nSPS) is 18.0. The van der Waals surface area contributed by atoms with Gasteiger partial charge in [0.05, 0.1) is 28.2 Å². The SMILES string of the molecule is NC(=O)c1cc(-c2cccnc2[C@@H](CC(=O)Cn2nc3c(c2C(F)F)C2CC2C3=O)Cc2cc(F)cc(F)c2)ccc1F.NC(=O)c1cc(-c2cccnc2[C@@H](CC(=O)Cn2nc3c(c2C(F)F)C2CC2C3O)Cc2cc(F)cc(F)c2)ccc1F.[B].[H-].[Na+]. The molecule has 4 aliphatic carbocycles. The maximum absolute atomic E-state index is 14.2. The number of ketones is 3. The van der Waals surface area contributed by atoms with E-state index in [1.807, 2.05) is 0 Å². The number of hydrogen-bond donors (Lipinski definition) is 3. The molecule has 8 aromatic rings. The van der Waals surface area contributed by atoms with Gasteiger partial charge in [-0.2, -0.15) is 10.2 Å².